The molecular weight excluding hydrogens is 317 g/mol. The number of para-hydroxylation sites is 3. The summed E-state index contributed by atoms with van der Waals surface area (Å²) in [6.45, 7) is 0. The molecule has 116 valence electrons. The predicted molar refractivity (Wildman–Crippen MR) is 87.7 cm³/mol. The van der Waals surface area contributed by atoms with Crippen LogP contribution in [0.15, 0.2) is 60.1 Å². The standard InChI is InChI=1S/C16H12FN3O2S/c17-11-5-1-3-7-13(11)22-14-8-4-2-6-12(14)19-15(21)20-16-18-9-10-23-16/h1-10H,(H2,18,19,20,21). The van der Waals surface area contributed by atoms with Crippen molar-refractivity contribution in [3.8, 4) is 11.5 Å². The second kappa shape index (κ2) is 6.89. The molecular formula is C16H12FN3O2S. The minimum absolute atomic E-state index is 0.0853. The van der Waals surface area contributed by atoms with Gasteiger partial charge >= 0.3 is 6.03 Å². The Morgan fingerprint density at radius 1 is 1.04 bits per heavy atom. The van der Waals surface area contributed by atoms with E-state index < -0.39 is 11.8 Å². The Balaban J connectivity index is 1.75. The van der Waals surface area contributed by atoms with Crippen LogP contribution in [-0.2, 0) is 0 Å². The molecule has 2 aromatic carbocycles. The molecule has 0 aliphatic carbocycles. The van der Waals surface area contributed by atoms with Gasteiger partial charge in [-0.3, -0.25) is 5.32 Å². The fourth-order valence-corrected chi connectivity index (χ4v) is 2.36. The number of hydrogen-bond acceptors (Lipinski definition) is 4. The average Bonchev–Trinajstić information content (AvgIpc) is 3.04. The average molecular weight is 329 g/mol. The lowest BCUT2D eigenvalue weighted by molar-refractivity contribution is 0.262. The number of aromatic nitrogens is 1. The first-order chi connectivity index (χ1) is 11.2. The van der Waals surface area contributed by atoms with Crippen molar-refractivity contribution in [3.05, 3.63) is 65.9 Å². The van der Waals surface area contributed by atoms with Crippen LogP contribution in [0.2, 0.25) is 0 Å². The lowest BCUT2D eigenvalue weighted by Crippen LogP contribution is -2.19. The lowest BCUT2D eigenvalue weighted by Gasteiger charge is -2.12. The first kappa shape index (κ1) is 15.0. The second-order valence-electron chi connectivity index (χ2n) is 4.45. The third-order valence-corrected chi connectivity index (χ3v) is 3.53. The van der Waals surface area contributed by atoms with Gasteiger partial charge in [-0.2, -0.15) is 0 Å². The smallest absolute Gasteiger partial charge is 0.325 e. The van der Waals surface area contributed by atoms with Crippen molar-refractivity contribution in [2.45, 2.75) is 0 Å². The molecule has 0 radical (unpaired) electrons. The van der Waals surface area contributed by atoms with E-state index in [0.717, 1.165) is 0 Å². The molecule has 1 aromatic heterocycles. The van der Waals surface area contributed by atoms with E-state index in [9.17, 15) is 9.18 Å². The quantitative estimate of drug-likeness (QED) is 0.728. The van der Waals surface area contributed by atoms with Gasteiger partial charge in [0.2, 0.25) is 0 Å². The molecule has 5 nitrogen and oxygen atoms in total. The van der Waals surface area contributed by atoms with Crippen LogP contribution in [-0.4, -0.2) is 11.0 Å². The maximum atomic E-state index is 13.7. The summed E-state index contributed by atoms with van der Waals surface area (Å²) in [4.78, 5) is 15.9. The highest BCUT2D eigenvalue weighted by Gasteiger charge is 2.11. The molecule has 0 spiro atoms. The number of amides is 2. The van der Waals surface area contributed by atoms with Gasteiger partial charge in [0.25, 0.3) is 0 Å². The number of ether oxygens (including phenoxy) is 1. The van der Waals surface area contributed by atoms with Crippen LogP contribution < -0.4 is 15.4 Å². The zero-order valence-corrected chi connectivity index (χ0v) is 12.6. The normalized spacial score (nSPS) is 10.1. The molecule has 0 unspecified atom stereocenters. The number of nitrogens with one attached hydrogen (secondary N) is 2. The molecule has 0 atom stereocenters. The van der Waals surface area contributed by atoms with Gasteiger partial charge in [-0.25, -0.2) is 14.2 Å². The molecule has 23 heavy (non-hydrogen) atoms. The maximum absolute atomic E-state index is 13.7. The summed E-state index contributed by atoms with van der Waals surface area (Å²) in [5, 5.41) is 7.49. The molecule has 2 amide bonds. The van der Waals surface area contributed by atoms with Crippen molar-refractivity contribution < 1.29 is 13.9 Å². The van der Waals surface area contributed by atoms with E-state index in [-0.39, 0.29) is 5.75 Å². The highest BCUT2D eigenvalue weighted by Crippen LogP contribution is 2.30. The van der Waals surface area contributed by atoms with Crippen molar-refractivity contribution in [2.24, 2.45) is 0 Å². The number of anilines is 2. The predicted octanol–water partition coefficient (Wildman–Crippen LogP) is 4.72. The van der Waals surface area contributed by atoms with Crippen LogP contribution in [0.3, 0.4) is 0 Å². The maximum Gasteiger partial charge on any atom is 0.325 e. The first-order valence-corrected chi connectivity index (χ1v) is 7.59. The van der Waals surface area contributed by atoms with E-state index in [2.05, 4.69) is 15.6 Å². The minimum Gasteiger partial charge on any atom is -0.452 e. The van der Waals surface area contributed by atoms with Crippen molar-refractivity contribution in [1.29, 1.82) is 0 Å². The van der Waals surface area contributed by atoms with Gasteiger partial charge in [0.1, 0.15) is 0 Å². The molecule has 0 aliphatic heterocycles. The number of hydrogen-bond donors (Lipinski definition) is 2. The fourth-order valence-electron chi connectivity index (χ4n) is 1.84. The summed E-state index contributed by atoms with van der Waals surface area (Å²) in [7, 11) is 0. The molecule has 0 saturated heterocycles. The monoisotopic (exact) mass is 329 g/mol. The van der Waals surface area contributed by atoms with Gasteiger partial charge in [-0.05, 0) is 24.3 Å². The van der Waals surface area contributed by atoms with E-state index in [1.165, 1.54) is 23.5 Å². The molecule has 0 saturated carbocycles. The van der Waals surface area contributed by atoms with Gasteiger partial charge in [0.05, 0.1) is 5.69 Å². The molecule has 3 aromatic rings. The lowest BCUT2D eigenvalue weighted by atomic mass is 10.3. The summed E-state index contributed by atoms with van der Waals surface area (Å²) in [6.07, 6.45) is 1.59. The SMILES string of the molecule is O=C(Nc1nccs1)Nc1ccccc1Oc1ccccc1F. The van der Waals surface area contributed by atoms with Crippen LogP contribution in [0.5, 0.6) is 11.5 Å². The number of nitrogens with zero attached hydrogens (tertiary/aromatic N) is 1. The van der Waals surface area contributed by atoms with E-state index in [4.69, 9.17) is 4.74 Å². The largest absolute Gasteiger partial charge is 0.452 e. The minimum atomic E-state index is -0.477. The van der Waals surface area contributed by atoms with E-state index in [1.54, 1.807) is 48.0 Å². The van der Waals surface area contributed by atoms with Gasteiger partial charge in [0, 0.05) is 11.6 Å². The third kappa shape index (κ3) is 3.83. The summed E-state index contributed by atoms with van der Waals surface area (Å²) in [5.41, 5.74) is 0.421. The van der Waals surface area contributed by atoms with Crippen LogP contribution in [0.1, 0.15) is 0 Å². The summed E-state index contributed by atoms with van der Waals surface area (Å²) in [6, 6.07) is 12.4. The number of rotatable bonds is 4. The Kier molecular flexibility index (Phi) is 4.49. The molecule has 1 heterocycles. The highest BCUT2D eigenvalue weighted by atomic mass is 32.1. The Morgan fingerprint density at radius 2 is 1.78 bits per heavy atom. The van der Waals surface area contributed by atoms with Crippen LogP contribution in [0, 0.1) is 5.82 Å². The second-order valence-corrected chi connectivity index (χ2v) is 5.34. The molecule has 3 rings (SSSR count). The molecule has 0 fully saturated rings. The number of halogens is 1. The number of benzene rings is 2. The van der Waals surface area contributed by atoms with E-state index in [0.29, 0.717) is 16.6 Å². The molecule has 0 bridgehead atoms. The number of carbonyl (C=O) groups is 1. The first-order valence-electron chi connectivity index (χ1n) is 6.71. The topological polar surface area (TPSA) is 63.2 Å². The Hall–Kier alpha value is -2.93. The fraction of sp³-hybridized carbons (Fsp3) is 0. The van der Waals surface area contributed by atoms with Crippen molar-refractivity contribution >= 4 is 28.2 Å². The molecule has 7 heteroatoms. The zero-order chi connectivity index (χ0) is 16.1. The molecule has 0 aliphatic rings. The number of carbonyl (C=O) groups excluding carboxylic acids is 1. The third-order valence-electron chi connectivity index (χ3n) is 2.84. The Morgan fingerprint density at radius 3 is 2.52 bits per heavy atom. The van der Waals surface area contributed by atoms with Crippen molar-refractivity contribution in [3.63, 3.8) is 0 Å². The van der Waals surface area contributed by atoms with Gasteiger partial charge in [-0.1, -0.05) is 24.3 Å². The van der Waals surface area contributed by atoms with Crippen LogP contribution in [0.4, 0.5) is 20.0 Å². The Bertz CT molecular complexity index is 809. The van der Waals surface area contributed by atoms with Crippen molar-refractivity contribution in [2.75, 3.05) is 10.6 Å². The summed E-state index contributed by atoms with van der Waals surface area (Å²) in [5.74, 6) is -0.0523. The summed E-state index contributed by atoms with van der Waals surface area (Å²) >= 11 is 1.31. The van der Waals surface area contributed by atoms with Gasteiger partial charge < -0.3 is 10.1 Å². The Labute approximate surface area is 135 Å². The van der Waals surface area contributed by atoms with E-state index >= 15 is 0 Å². The highest BCUT2D eigenvalue weighted by molar-refractivity contribution is 7.13. The zero-order valence-electron chi connectivity index (χ0n) is 11.8. The van der Waals surface area contributed by atoms with Gasteiger partial charge in [0.15, 0.2) is 22.4 Å². The van der Waals surface area contributed by atoms with Crippen LogP contribution in [0.25, 0.3) is 0 Å². The summed E-state index contributed by atoms with van der Waals surface area (Å²) < 4.78 is 19.2. The van der Waals surface area contributed by atoms with Gasteiger partial charge in [-0.15, -0.1) is 11.3 Å². The van der Waals surface area contributed by atoms with Crippen molar-refractivity contribution in [1.82, 2.24) is 4.98 Å². The van der Waals surface area contributed by atoms with Crippen LogP contribution >= 0.6 is 11.3 Å². The van der Waals surface area contributed by atoms with E-state index in [1.807, 2.05) is 0 Å². The number of urea groups is 1. The molecule has 2 N–H and O–H groups in total. The number of thiazole rings is 1.